The van der Waals surface area contributed by atoms with Crippen LogP contribution >= 0.6 is 34.5 Å². The molecule has 25 heavy (non-hydrogen) atoms. The fourth-order valence-corrected chi connectivity index (χ4v) is 5.39. The van der Waals surface area contributed by atoms with E-state index in [1.807, 2.05) is 6.92 Å². The summed E-state index contributed by atoms with van der Waals surface area (Å²) < 4.78 is 28.0. The number of carbonyl (C=O) groups excluding carboxylic acids is 1. The van der Waals surface area contributed by atoms with Gasteiger partial charge in [0.25, 0.3) is 10.0 Å². The molecule has 0 aliphatic heterocycles. The third kappa shape index (κ3) is 4.67. The van der Waals surface area contributed by atoms with Crippen LogP contribution in [0.1, 0.15) is 18.1 Å². The molecule has 0 unspecified atom stereocenters. The number of hydrogen-bond acceptors (Lipinski definition) is 4. The molecule has 0 saturated carbocycles. The number of thiophene rings is 1. The molecule has 2 rings (SSSR count). The number of carbonyl (C=O) groups is 1. The Morgan fingerprint density at radius 2 is 1.96 bits per heavy atom. The van der Waals surface area contributed by atoms with Crippen LogP contribution in [0.15, 0.2) is 27.8 Å². The minimum atomic E-state index is -3.90. The number of nitrogens with one attached hydrogen (secondary N) is 1. The third-order valence-corrected chi connectivity index (χ3v) is 6.68. The maximum absolute atomic E-state index is 12.8. The Morgan fingerprint density at radius 1 is 1.28 bits per heavy atom. The Labute approximate surface area is 161 Å². The summed E-state index contributed by atoms with van der Waals surface area (Å²) in [6.45, 7) is 4.09. The maximum atomic E-state index is 12.8. The van der Waals surface area contributed by atoms with E-state index in [1.165, 1.54) is 23.5 Å². The molecule has 1 aromatic carbocycles. The van der Waals surface area contributed by atoms with Gasteiger partial charge in [0.15, 0.2) is 0 Å². The summed E-state index contributed by atoms with van der Waals surface area (Å²) in [4.78, 5) is 13.7. The summed E-state index contributed by atoms with van der Waals surface area (Å²) >= 11 is 13.3. The van der Waals surface area contributed by atoms with E-state index in [9.17, 15) is 13.2 Å². The highest BCUT2D eigenvalue weighted by Crippen LogP contribution is 2.32. The molecule has 5 nitrogen and oxygen atoms in total. The van der Waals surface area contributed by atoms with E-state index in [2.05, 4.69) is 4.72 Å². The Hall–Kier alpha value is -1.28. The number of benzene rings is 1. The highest BCUT2D eigenvalue weighted by Gasteiger charge is 2.23. The molecule has 0 saturated heterocycles. The first-order chi connectivity index (χ1) is 11.7. The van der Waals surface area contributed by atoms with E-state index < -0.39 is 10.0 Å². The van der Waals surface area contributed by atoms with Crippen LogP contribution in [0.5, 0.6) is 0 Å². The SMILES string of the molecule is CCN(C)C(=O)Cc1cscc1NS(=O)(=O)c1c(C)cc(Cl)cc1Cl. The highest BCUT2D eigenvalue weighted by atomic mass is 35.5. The molecular weight excluding hydrogens is 403 g/mol. The summed E-state index contributed by atoms with van der Waals surface area (Å²) in [5.74, 6) is -0.0814. The predicted octanol–water partition coefficient (Wildman–Crippen LogP) is 4.18. The molecule has 0 spiro atoms. The maximum Gasteiger partial charge on any atom is 0.263 e. The van der Waals surface area contributed by atoms with Gasteiger partial charge in [-0.05, 0) is 42.5 Å². The second kappa shape index (κ2) is 7.95. The van der Waals surface area contributed by atoms with Gasteiger partial charge in [0.05, 0.1) is 17.1 Å². The smallest absolute Gasteiger partial charge is 0.263 e. The number of hydrogen-bond donors (Lipinski definition) is 1. The molecule has 0 radical (unpaired) electrons. The van der Waals surface area contributed by atoms with Gasteiger partial charge in [-0.3, -0.25) is 9.52 Å². The normalized spacial score (nSPS) is 11.4. The highest BCUT2D eigenvalue weighted by molar-refractivity contribution is 7.93. The average molecular weight is 421 g/mol. The molecule has 1 N–H and O–H groups in total. The first kappa shape index (κ1) is 20.0. The van der Waals surface area contributed by atoms with E-state index in [0.717, 1.165) is 0 Å². The number of likely N-dealkylation sites (N-methyl/N-ethyl adjacent to an activating group) is 1. The van der Waals surface area contributed by atoms with Gasteiger partial charge < -0.3 is 4.90 Å². The number of anilines is 1. The van der Waals surface area contributed by atoms with Crippen molar-refractivity contribution in [2.45, 2.75) is 25.2 Å². The Balaban J connectivity index is 2.32. The number of halogens is 2. The third-order valence-electron chi connectivity index (χ3n) is 3.69. The van der Waals surface area contributed by atoms with Gasteiger partial charge in [0, 0.05) is 24.0 Å². The molecule has 136 valence electrons. The summed E-state index contributed by atoms with van der Waals surface area (Å²) in [6, 6.07) is 2.93. The molecule has 1 aromatic heterocycles. The van der Waals surface area contributed by atoms with E-state index in [0.29, 0.717) is 28.4 Å². The molecule has 2 aromatic rings. The quantitative estimate of drug-likeness (QED) is 0.761. The van der Waals surface area contributed by atoms with Crippen LogP contribution in [0.25, 0.3) is 0 Å². The zero-order chi connectivity index (χ0) is 18.8. The summed E-state index contributed by atoms with van der Waals surface area (Å²) in [5.41, 5.74) is 1.46. The topological polar surface area (TPSA) is 66.5 Å². The Bertz CT molecular complexity index is 872. The van der Waals surface area contributed by atoms with Gasteiger partial charge in [-0.2, -0.15) is 0 Å². The monoisotopic (exact) mass is 420 g/mol. The van der Waals surface area contributed by atoms with Crippen molar-refractivity contribution in [3.63, 3.8) is 0 Å². The zero-order valence-corrected chi connectivity index (χ0v) is 17.1. The van der Waals surface area contributed by atoms with Crippen molar-refractivity contribution < 1.29 is 13.2 Å². The van der Waals surface area contributed by atoms with Crippen molar-refractivity contribution in [1.29, 1.82) is 0 Å². The van der Waals surface area contributed by atoms with Crippen molar-refractivity contribution in [1.82, 2.24) is 4.90 Å². The van der Waals surface area contributed by atoms with E-state index in [4.69, 9.17) is 23.2 Å². The summed E-state index contributed by atoms with van der Waals surface area (Å²) in [5, 5.41) is 3.84. The first-order valence-corrected chi connectivity index (χ1v) is 10.6. The van der Waals surface area contributed by atoms with Crippen molar-refractivity contribution in [3.05, 3.63) is 44.1 Å². The van der Waals surface area contributed by atoms with Crippen molar-refractivity contribution in [2.24, 2.45) is 0 Å². The standard InChI is InChI=1S/C16H18Cl2N2O3S2/c1-4-20(3)15(21)6-11-8-24-9-14(11)19-25(22,23)16-10(2)5-12(17)7-13(16)18/h5,7-9,19H,4,6H2,1-3H3. The van der Waals surface area contributed by atoms with E-state index >= 15 is 0 Å². The lowest BCUT2D eigenvalue weighted by atomic mass is 10.2. The Kier molecular flexibility index (Phi) is 6.37. The van der Waals surface area contributed by atoms with Gasteiger partial charge >= 0.3 is 0 Å². The van der Waals surface area contributed by atoms with Crippen molar-refractivity contribution >= 4 is 56.2 Å². The molecule has 0 bridgehead atoms. The largest absolute Gasteiger partial charge is 0.346 e. The zero-order valence-electron chi connectivity index (χ0n) is 14.0. The molecule has 0 aliphatic carbocycles. The molecular formula is C16H18Cl2N2O3S2. The predicted molar refractivity (Wildman–Crippen MR) is 103 cm³/mol. The molecule has 1 heterocycles. The number of aryl methyl sites for hydroxylation is 1. The Morgan fingerprint density at radius 3 is 2.56 bits per heavy atom. The molecule has 1 amide bonds. The van der Waals surface area contributed by atoms with Gasteiger partial charge in [-0.25, -0.2) is 8.42 Å². The lowest BCUT2D eigenvalue weighted by Crippen LogP contribution is -2.28. The van der Waals surface area contributed by atoms with Gasteiger partial charge in [-0.1, -0.05) is 23.2 Å². The lowest BCUT2D eigenvalue weighted by Gasteiger charge is -2.16. The van der Waals surface area contributed by atoms with Crippen LogP contribution in [0.3, 0.4) is 0 Å². The minimum absolute atomic E-state index is 0.0206. The van der Waals surface area contributed by atoms with Gasteiger partial charge in [0.1, 0.15) is 4.90 Å². The first-order valence-electron chi connectivity index (χ1n) is 7.43. The van der Waals surface area contributed by atoms with Crippen LogP contribution in [-0.4, -0.2) is 32.8 Å². The fraction of sp³-hybridized carbons (Fsp3) is 0.312. The summed E-state index contributed by atoms with van der Waals surface area (Å²) in [7, 11) is -2.20. The van der Waals surface area contributed by atoms with Crippen molar-refractivity contribution in [2.75, 3.05) is 18.3 Å². The number of sulfonamides is 1. The van der Waals surface area contributed by atoms with E-state index in [1.54, 1.807) is 29.6 Å². The lowest BCUT2D eigenvalue weighted by molar-refractivity contribution is -0.128. The average Bonchev–Trinajstić information content (AvgIpc) is 2.91. The van der Waals surface area contributed by atoms with Crippen LogP contribution in [0.4, 0.5) is 5.69 Å². The van der Waals surface area contributed by atoms with Crippen molar-refractivity contribution in [3.8, 4) is 0 Å². The number of amides is 1. The van der Waals surface area contributed by atoms with E-state index in [-0.39, 0.29) is 22.2 Å². The van der Waals surface area contributed by atoms with Crippen LogP contribution in [0, 0.1) is 6.92 Å². The molecule has 0 atom stereocenters. The molecule has 0 aliphatic rings. The second-order valence-electron chi connectivity index (χ2n) is 5.53. The molecule has 0 fully saturated rings. The molecule has 9 heteroatoms. The minimum Gasteiger partial charge on any atom is -0.346 e. The number of nitrogens with zero attached hydrogens (tertiary/aromatic N) is 1. The fourth-order valence-electron chi connectivity index (χ4n) is 2.25. The second-order valence-corrected chi connectivity index (χ2v) is 8.74. The summed E-state index contributed by atoms with van der Waals surface area (Å²) in [6.07, 6.45) is 0.124. The van der Waals surface area contributed by atoms with Crippen LogP contribution in [0.2, 0.25) is 10.0 Å². The van der Waals surface area contributed by atoms with Crippen LogP contribution in [-0.2, 0) is 21.2 Å². The number of rotatable bonds is 6. The van der Waals surface area contributed by atoms with Gasteiger partial charge in [-0.15, -0.1) is 11.3 Å². The van der Waals surface area contributed by atoms with Crippen LogP contribution < -0.4 is 4.72 Å². The van der Waals surface area contributed by atoms with Gasteiger partial charge in [0.2, 0.25) is 5.91 Å².